The zero-order valence-electron chi connectivity index (χ0n) is 12.6. The molecule has 0 saturated carbocycles. The number of aromatic nitrogens is 4. The Morgan fingerprint density at radius 2 is 2.18 bits per heavy atom. The van der Waals surface area contributed by atoms with Gasteiger partial charge in [-0.15, -0.1) is 0 Å². The van der Waals surface area contributed by atoms with Crippen molar-refractivity contribution in [2.24, 2.45) is 5.92 Å². The fourth-order valence-corrected chi connectivity index (χ4v) is 2.55. The minimum absolute atomic E-state index is 0.160. The summed E-state index contributed by atoms with van der Waals surface area (Å²) in [6.07, 6.45) is 6.75. The molecule has 22 heavy (non-hydrogen) atoms. The van der Waals surface area contributed by atoms with Crippen LogP contribution in [-0.4, -0.2) is 50.3 Å². The molecule has 0 bridgehead atoms. The van der Waals surface area contributed by atoms with Crippen LogP contribution in [0, 0.1) is 5.92 Å². The van der Waals surface area contributed by atoms with Crippen LogP contribution in [0.15, 0.2) is 31.0 Å². The fourth-order valence-electron chi connectivity index (χ4n) is 2.55. The molecule has 116 valence electrons. The Hall–Kier alpha value is -2.44. The minimum atomic E-state index is 0.160. The van der Waals surface area contributed by atoms with Crippen LogP contribution in [0.3, 0.4) is 0 Å². The van der Waals surface area contributed by atoms with Crippen molar-refractivity contribution in [3.63, 3.8) is 0 Å². The van der Waals surface area contributed by atoms with E-state index in [1.165, 1.54) is 6.33 Å². The highest BCUT2D eigenvalue weighted by Gasteiger charge is 2.21. The lowest BCUT2D eigenvalue weighted by molar-refractivity contribution is -0.130. The first-order valence-electron chi connectivity index (χ1n) is 7.42. The Balaban J connectivity index is 1.49. The summed E-state index contributed by atoms with van der Waals surface area (Å²) >= 11 is 0. The van der Waals surface area contributed by atoms with Gasteiger partial charge in [0.2, 0.25) is 5.91 Å². The molecule has 1 aliphatic rings. The van der Waals surface area contributed by atoms with E-state index < -0.39 is 0 Å². The van der Waals surface area contributed by atoms with E-state index in [0.717, 1.165) is 31.7 Å². The van der Waals surface area contributed by atoms with Crippen LogP contribution >= 0.6 is 0 Å². The van der Waals surface area contributed by atoms with Gasteiger partial charge in [-0.1, -0.05) is 0 Å². The largest absolute Gasteiger partial charge is 0.492 e. The number of hydrogen-bond acceptors (Lipinski definition) is 5. The van der Waals surface area contributed by atoms with Crippen molar-refractivity contribution < 1.29 is 9.53 Å². The second-order valence-corrected chi connectivity index (χ2v) is 5.45. The summed E-state index contributed by atoms with van der Waals surface area (Å²) in [6.45, 7) is 3.94. The maximum absolute atomic E-state index is 11.3. The summed E-state index contributed by atoms with van der Waals surface area (Å²) in [4.78, 5) is 21.4. The quantitative estimate of drug-likeness (QED) is 0.851. The number of pyridine rings is 1. The maximum atomic E-state index is 11.3. The molecule has 2 aromatic heterocycles. The molecule has 1 aliphatic heterocycles. The van der Waals surface area contributed by atoms with Gasteiger partial charge in [-0.2, -0.15) is 5.10 Å². The van der Waals surface area contributed by atoms with Gasteiger partial charge in [0.15, 0.2) is 5.82 Å². The number of carbonyl (C=O) groups is 1. The number of ether oxygens (including phenoxy) is 1. The van der Waals surface area contributed by atoms with E-state index in [1.807, 2.05) is 17.0 Å². The molecule has 0 radical (unpaired) electrons. The highest BCUT2D eigenvalue weighted by Crippen LogP contribution is 2.19. The smallest absolute Gasteiger partial charge is 0.219 e. The summed E-state index contributed by atoms with van der Waals surface area (Å²) in [5.41, 5.74) is 0. The standard InChI is InChI=1S/C15H19N5O2/c1-12(21)19-6-4-13(5-7-19)9-22-14-2-3-15(17-8-14)20-11-16-10-18-20/h2-3,8,10-11,13H,4-7,9H2,1H3. The molecule has 1 fully saturated rings. The number of likely N-dealkylation sites (tertiary alicyclic amines) is 1. The Labute approximate surface area is 128 Å². The van der Waals surface area contributed by atoms with Crippen molar-refractivity contribution in [1.29, 1.82) is 0 Å². The third kappa shape index (κ3) is 3.41. The van der Waals surface area contributed by atoms with E-state index in [4.69, 9.17) is 4.74 Å². The van der Waals surface area contributed by atoms with E-state index in [0.29, 0.717) is 18.3 Å². The predicted octanol–water partition coefficient (Wildman–Crippen LogP) is 1.30. The number of carbonyl (C=O) groups excluding carboxylic acids is 1. The highest BCUT2D eigenvalue weighted by molar-refractivity contribution is 5.73. The van der Waals surface area contributed by atoms with Gasteiger partial charge in [0.25, 0.3) is 0 Å². The second-order valence-electron chi connectivity index (χ2n) is 5.45. The Kier molecular flexibility index (Phi) is 4.32. The Bertz CT molecular complexity index is 603. The Morgan fingerprint density at radius 1 is 1.36 bits per heavy atom. The fraction of sp³-hybridized carbons (Fsp3) is 0.467. The first-order chi connectivity index (χ1) is 10.7. The Morgan fingerprint density at radius 3 is 2.77 bits per heavy atom. The zero-order valence-corrected chi connectivity index (χ0v) is 12.6. The number of nitrogens with zero attached hydrogens (tertiary/aromatic N) is 5. The molecule has 0 unspecified atom stereocenters. The molecule has 0 N–H and O–H groups in total. The van der Waals surface area contributed by atoms with Crippen molar-refractivity contribution in [3.8, 4) is 11.6 Å². The van der Waals surface area contributed by atoms with E-state index in [9.17, 15) is 4.79 Å². The van der Waals surface area contributed by atoms with Crippen LogP contribution in [-0.2, 0) is 4.79 Å². The predicted molar refractivity (Wildman–Crippen MR) is 79.6 cm³/mol. The molecular weight excluding hydrogens is 282 g/mol. The number of rotatable bonds is 4. The van der Waals surface area contributed by atoms with Crippen LogP contribution in [0.25, 0.3) is 5.82 Å². The molecule has 1 amide bonds. The van der Waals surface area contributed by atoms with Crippen molar-refractivity contribution in [3.05, 3.63) is 31.0 Å². The summed E-state index contributed by atoms with van der Waals surface area (Å²) in [6, 6.07) is 3.73. The molecular formula is C15H19N5O2. The maximum Gasteiger partial charge on any atom is 0.219 e. The molecule has 0 atom stereocenters. The lowest BCUT2D eigenvalue weighted by Crippen LogP contribution is -2.38. The minimum Gasteiger partial charge on any atom is -0.492 e. The van der Waals surface area contributed by atoms with Gasteiger partial charge in [0.05, 0.1) is 12.8 Å². The van der Waals surface area contributed by atoms with Crippen LogP contribution in [0.1, 0.15) is 19.8 Å². The SMILES string of the molecule is CC(=O)N1CCC(COc2ccc(-n3cncn3)nc2)CC1. The van der Waals surface area contributed by atoms with Crippen molar-refractivity contribution in [2.45, 2.75) is 19.8 Å². The third-order valence-electron chi connectivity index (χ3n) is 3.92. The number of hydrogen-bond donors (Lipinski definition) is 0. The molecule has 0 aliphatic carbocycles. The summed E-state index contributed by atoms with van der Waals surface area (Å²) in [5.74, 6) is 2.11. The van der Waals surface area contributed by atoms with Crippen LogP contribution in [0.5, 0.6) is 5.75 Å². The third-order valence-corrected chi connectivity index (χ3v) is 3.92. The van der Waals surface area contributed by atoms with Gasteiger partial charge in [0, 0.05) is 20.0 Å². The molecule has 2 aromatic rings. The summed E-state index contributed by atoms with van der Waals surface area (Å²) in [5, 5.41) is 4.03. The van der Waals surface area contributed by atoms with Gasteiger partial charge in [-0.3, -0.25) is 4.79 Å². The van der Waals surface area contributed by atoms with Crippen LogP contribution < -0.4 is 4.74 Å². The molecule has 3 heterocycles. The van der Waals surface area contributed by atoms with Gasteiger partial charge < -0.3 is 9.64 Å². The van der Waals surface area contributed by atoms with Crippen LogP contribution in [0.4, 0.5) is 0 Å². The zero-order chi connectivity index (χ0) is 15.4. The van der Waals surface area contributed by atoms with Gasteiger partial charge in [0.1, 0.15) is 18.4 Å². The molecule has 3 rings (SSSR count). The van der Waals surface area contributed by atoms with Crippen molar-refractivity contribution >= 4 is 5.91 Å². The number of piperidine rings is 1. The van der Waals surface area contributed by atoms with Crippen molar-refractivity contribution in [1.82, 2.24) is 24.6 Å². The normalized spacial score (nSPS) is 15.8. The monoisotopic (exact) mass is 301 g/mol. The lowest BCUT2D eigenvalue weighted by atomic mass is 9.98. The molecule has 1 saturated heterocycles. The van der Waals surface area contributed by atoms with Gasteiger partial charge in [-0.05, 0) is 30.9 Å². The van der Waals surface area contributed by atoms with Crippen molar-refractivity contribution in [2.75, 3.05) is 19.7 Å². The molecule has 7 heteroatoms. The van der Waals surface area contributed by atoms with Crippen LogP contribution in [0.2, 0.25) is 0 Å². The highest BCUT2D eigenvalue weighted by atomic mass is 16.5. The van der Waals surface area contributed by atoms with Gasteiger partial charge in [-0.25, -0.2) is 14.6 Å². The van der Waals surface area contributed by atoms with E-state index >= 15 is 0 Å². The van der Waals surface area contributed by atoms with E-state index in [1.54, 1.807) is 24.1 Å². The van der Waals surface area contributed by atoms with E-state index in [-0.39, 0.29) is 5.91 Å². The molecule has 7 nitrogen and oxygen atoms in total. The second kappa shape index (κ2) is 6.55. The topological polar surface area (TPSA) is 73.1 Å². The van der Waals surface area contributed by atoms with Gasteiger partial charge >= 0.3 is 0 Å². The summed E-state index contributed by atoms with van der Waals surface area (Å²) < 4.78 is 7.40. The first kappa shape index (κ1) is 14.5. The molecule has 0 aromatic carbocycles. The lowest BCUT2D eigenvalue weighted by Gasteiger charge is -2.31. The average molecular weight is 301 g/mol. The van der Waals surface area contributed by atoms with E-state index in [2.05, 4.69) is 15.1 Å². The number of amides is 1. The average Bonchev–Trinajstić information content (AvgIpc) is 3.08. The summed E-state index contributed by atoms with van der Waals surface area (Å²) in [7, 11) is 0. The molecule has 0 spiro atoms. The first-order valence-corrected chi connectivity index (χ1v) is 7.42.